The average molecular weight is 361 g/mol. The molecule has 0 saturated carbocycles. The van der Waals surface area contributed by atoms with Gasteiger partial charge in [-0.15, -0.1) is 11.3 Å². The maximum absolute atomic E-state index is 13.3. The van der Waals surface area contributed by atoms with Crippen LogP contribution in [-0.4, -0.2) is 41.5 Å². The topological polar surface area (TPSA) is 45.2 Å². The molecule has 1 fully saturated rings. The summed E-state index contributed by atoms with van der Waals surface area (Å²) in [5.74, 6) is -0.258. The molecule has 2 aromatic rings. The number of nitrogens with zero attached hydrogens (tertiary/aromatic N) is 2. The number of benzene rings is 1. The molecule has 2 heterocycles. The smallest absolute Gasteiger partial charge is 0.226 e. The predicted molar refractivity (Wildman–Crippen MR) is 99.1 cm³/mol. The van der Waals surface area contributed by atoms with E-state index in [1.165, 1.54) is 29.9 Å². The Morgan fingerprint density at radius 2 is 2.20 bits per heavy atom. The zero-order chi connectivity index (χ0) is 17.6. The third-order valence-corrected chi connectivity index (χ3v) is 5.40. The van der Waals surface area contributed by atoms with E-state index in [2.05, 4.69) is 22.1 Å². The second kappa shape index (κ2) is 8.54. The Labute approximate surface area is 152 Å². The Balaban J connectivity index is 1.51. The highest BCUT2D eigenvalue weighted by Crippen LogP contribution is 2.24. The van der Waals surface area contributed by atoms with Gasteiger partial charge in [0.15, 0.2) is 0 Å². The molecular weight excluding hydrogens is 337 g/mol. The molecule has 1 N–H and O–H groups in total. The van der Waals surface area contributed by atoms with Crippen LogP contribution >= 0.6 is 11.3 Å². The summed E-state index contributed by atoms with van der Waals surface area (Å²) in [5, 5.41) is 5.75. The van der Waals surface area contributed by atoms with Crippen molar-refractivity contribution in [3.63, 3.8) is 0 Å². The van der Waals surface area contributed by atoms with Crippen LogP contribution in [0.3, 0.4) is 0 Å². The van der Waals surface area contributed by atoms with Gasteiger partial charge in [-0.1, -0.05) is 19.1 Å². The van der Waals surface area contributed by atoms with E-state index in [1.54, 1.807) is 6.07 Å². The molecule has 0 atom stereocenters. The number of rotatable bonds is 6. The van der Waals surface area contributed by atoms with Gasteiger partial charge in [-0.2, -0.15) is 0 Å². The number of piperidine rings is 1. The number of likely N-dealkylation sites (tertiary alicyclic amines) is 1. The molecule has 0 unspecified atom stereocenters. The highest BCUT2D eigenvalue weighted by atomic mass is 32.1. The molecule has 3 rings (SSSR count). The van der Waals surface area contributed by atoms with Crippen molar-refractivity contribution in [1.29, 1.82) is 0 Å². The Bertz CT molecular complexity index is 710. The monoisotopic (exact) mass is 361 g/mol. The van der Waals surface area contributed by atoms with Crippen molar-refractivity contribution in [3.05, 3.63) is 41.2 Å². The summed E-state index contributed by atoms with van der Waals surface area (Å²) in [6.45, 7) is 5.45. The Morgan fingerprint density at radius 1 is 1.40 bits per heavy atom. The van der Waals surface area contributed by atoms with Crippen molar-refractivity contribution in [2.24, 2.45) is 0 Å². The third-order valence-electron chi connectivity index (χ3n) is 4.46. The minimum atomic E-state index is -0.276. The van der Waals surface area contributed by atoms with Crippen LogP contribution in [0.5, 0.6) is 0 Å². The third kappa shape index (κ3) is 5.09. The van der Waals surface area contributed by atoms with Gasteiger partial charge in [-0.05, 0) is 37.9 Å². The van der Waals surface area contributed by atoms with Gasteiger partial charge in [-0.25, -0.2) is 9.37 Å². The fraction of sp³-hybridized carbons (Fsp3) is 0.474. The molecule has 4 nitrogen and oxygen atoms in total. The first-order valence-electron chi connectivity index (χ1n) is 8.86. The van der Waals surface area contributed by atoms with Crippen molar-refractivity contribution in [1.82, 2.24) is 15.2 Å². The minimum Gasteiger partial charge on any atom is -0.353 e. The zero-order valence-electron chi connectivity index (χ0n) is 14.5. The summed E-state index contributed by atoms with van der Waals surface area (Å²) >= 11 is 1.44. The van der Waals surface area contributed by atoms with Gasteiger partial charge in [0.2, 0.25) is 5.91 Å². The standard InChI is InChI=1S/C19H24FN3OS/c1-2-8-23-9-6-16(7-10-23)21-18(24)12-17-13-25-19(22-17)14-4-3-5-15(20)11-14/h3-5,11,13,16H,2,6-10,12H2,1H3,(H,21,24). The Morgan fingerprint density at radius 3 is 2.92 bits per heavy atom. The summed E-state index contributed by atoms with van der Waals surface area (Å²) < 4.78 is 13.3. The van der Waals surface area contributed by atoms with Gasteiger partial charge in [0.05, 0.1) is 12.1 Å². The lowest BCUT2D eigenvalue weighted by Crippen LogP contribution is -2.45. The van der Waals surface area contributed by atoms with E-state index < -0.39 is 0 Å². The number of amides is 1. The highest BCUT2D eigenvalue weighted by Gasteiger charge is 2.20. The van der Waals surface area contributed by atoms with Crippen LogP contribution in [0.2, 0.25) is 0 Å². The van der Waals surface area contributed by atoms with E-state index in [9.17, 15) is 9.18 Å². The molecule has 25 heavy (non-hydrogen) atoms. The molecule has 1 aliphatic heterocycles. The molecule has 0 spiro atoms. The maximum atomic E-state index is 13.3. The first-order valence-corrected chi connectivity index (χ1v) is 9.74. The molecule has 6 heteroatoms. The van der Waals surface area contributed by atoms with Crippen LogP contribution in [0.25, 0.3) is 10.6 Å². The normalized spacial score (nSPS) is 16.1. The summed E-state index contributed by atoms with van der Waals surface area (Å²) in [5.41, 5.74) is 1.49. The molecule has 1 saturated heterocycles. The maximum Gasteiger partial charge on any atom is 0.226 e. The van der Waals surface area contributed by atoms with Gasteiger partial charge in [0.1, 0.15) is 10.8 Å². The highest BCUT2D eigenvalue weighted by molar-refractivity contribution is 7.13. The lowest BCUT2D eigenvalue weighted by atomic mass is 10.0. The molecule has 134 valence electrons. The van der Waals surface area contributed by atoms with Crippen molar-refractivity contribution in [3.8, 4) is 10.6 Å². The van der Waals surface area contributed by atoms with Crippen LogP contribution in [0.1, 0.15) is 31.9 Å². The average Bonchev–Trinajstić information content (AvgIpc) is 3.05. The predicted octanol–water partition coefficient (Wildman–Crippen LogP) is 3.48. The number of carbonyl (C=O) groups is 1. The lowest BCUT2D eigenvalue weighted by molar-refractivity contribution is -0.121. The summed E-state index contributed by atoms with van der Waals surface area (Å²) in [6.07, 6.45) is 3.48. The number of carbonyl (C=O) groups excluding carboxylic acids is 1. The quantitative estimate of drug-likeness (QED) is 0.857. The molecule has 0 aliphatic carbocycles. The van der Waals surface area contributed by atoms with Crippen molar-refractivity contribution in [2.75, 3.05) is 19.6 Å². The summed E-state index contributed by atoms with van der Waals surface area (Å²) in [4.78, 5) is 19.2. The van der Waals surface area contributed by atoms with Crippen molar-refractivity contribution >= 4 is 17.2 Å². The van der Waals surface area contributed by atoms with Gasteiger partial charge >= 0.3 is 0 Å². The van der Waals surface area contributed by atoms with Crippen molar-refractivity contribution in [2.45, 2.75) is 38.6 Å². The number of aromatic nitrogens is 1. The molecule has 0 bridgehead atoms. The Hall–Kier alpha value is -1.79. The second-order valence-electron chi connectivity index (χ2n) is 6.51. The van der Waals surface area contributed by atoms with Gasteiger partial charge in [-0.3, -0.25) is 4.79 Å². The van der Waals surface area contributed by atoms with Gasteiger partial charge in [0.25, 0.3) is 0 Å². The molecule has 1 aromatic heterocycles. The SMILES string of the molecule is CCCN1CCC(NC(=O)Cc2csc(-c3cccc(F)c3)n2)CC1. The van der Waals surface area contributed by atoms with Gasteiger partial charge < -0.3 is 10.2 Å². The van der Waals surface area contributed by atoms with E-state index in [-0.39, 0.29) is 24.2 Å². The second-order valence-corrected chi connectivity index (χ2v) is 7.37. The first kappa shape index (κ1) is 18.0. The van der Waals surface area contributed by atoms with E-state index in [4.69, 9.17) is 0 Å². The fourth-order valence-corrected chi connectivity index (χ4v) is 4.02. The number of thiazole rings is 1. The number of nitrogens with one attached hydrogen (secondary N) is 1. The molecule has 0 radical (unpaired) electrons. The molecule has 1 aromatic carbocycles. The fourth-order valence-electron chi connectivity index (χ4n) is 3.20. The summed E-state index contributed by atoms with van der Waals surface area (Å²) in [7, 11) is 0. The number of hydrogen-bond acceptors (Lipinski definition) is 4. The molecule has 1 amide bonds. The lowest BCUT2D eigenvalue weighted by Gasteiger charge is -2.32. The molecular formula is C19H24FN3OS. The van der Waals surface area contributed by atoms with Crippen LogP contribution in [0, 0.1) is 5.82 Å². The van der Waals surface area contributed by atoms with E-state index in [1.807, 2.05) is 11.4 Å². The first-order chi connectivity index (χ1) is 12.1. The van der Waals surface area contributed by atoms with Crippen LogP contribution < -0.4 is 5.32 Å². The largest absolute Gasteiger partial charge is 0.353 e. The van der Waals surface area contributed by atoms with Crippen LogP contribution in [0.15, 0.2) is 29.6 Å². The Kier molecular flexibility index (Phi) is 6.15. The zero-order valence-corrected chi connectivity index (χ0v) is 15.3. The van der Waals surface area contributed by atoms with Crippen LogP contribution in [-0.2, 0) is 11.2 Å². The minimum absolute atomic E-state index is 0.0185. The molecule has 1 aliphatic rings. The van der Waals surface area contributed by atoms with Gasteiger partial charge in [0, 0.05) is 30.1 Å². The van der Waals surface area contributed by atoms with E-state index in [0.717, 1.165) is 48.7 Å². The van der Waals surface area contributed by atoms with Crippen LogP contribution in [0.4, 0.5) is 4.39 Å². The van der Waals surface area contributed by atoms with Crippen molar-refractivity contribution < 1.29 is 9.18 Å². The number of halogens is 1. The van der Waals surface area contributed by atoms with E-state index >= 15 is 0 Å². The number of hydrogen-bond donors (Lipinski definition) is 1. The summed E-state index contributed by atoms with van der Waals surface area (Å²) in [6, 6.07) is 6.64. The van der Waals surface area contributed by atoms with E-state index in [0.29, 0.717) is 0 Å².